The number of hydrogen-bond acceptors (Lipinski definition) is 4. The summed E-state index contributed by atoms with van der Waals surface area (Å²) in [5.74, 6) is 0.820. The molecule has 0 aliphatic rings. The number of alkyl carbamates (subject to hydrolysis) is 1. The van der Waals surface area contributed by atoms with Gasteiger partial charge in [0.2, 0.25) is 0 Å². The highest BCUT2D eigenvalue weighted by Gasteiger charge is 2.18. The van der Waals surface area contributed by atoms with Crippen molar-refractivity contribution in [3.63, 3.8) is 0 Å². The van der Waals surface area contributed by atoms with Crippen LogP contribution in [-0.2, 0) is 11.3 Å². The molecule has 1 unspecified atom stereocenters. The van der Waals surface area contributed by atoms with Crippen molar-refractivity contribution in [2.75, 3.05) is 13.1 Å². The van der Waals surface area contributed by atoms with Gasteiger partial charge in [0.15, 0.2) is 0 Å². The largest absolute Gasteiger partial charge is 0.444 e. The van der Waals surface area contributed by atoms with Crippen molar-refractivity contribution in [1.82, 2.24) is 15.6 Å². The SMILES string of the molecule is CC(C)C(CNCc1cccnc1)CNC(=O)OC(C)(C)C. The second-order valence-electron chi connectivity index (χ2n) is 6.88. The third kappa shape index (κ3) is 7.98. The van der Waals surface area contributed by atoms with E-state index in [0.29, 0.717) is 18.4 Å². The van der Waals surface area contributed by atoms with Gasteiger partial charge < -0.3 is 15.4 Å². The molecule has 1 rings (SSSR count). The zero-order valence-electron chi connectivity index (χ0n) is 14.3. The van der Waals surface area contributed by atoms with Crippen LogP contribution in [-0.4, -0.2) is 29.8 Å². The van der Waals surface area contributed by atoms with E-state index < -0.39 is 5.60 Å². The number of carbonyl (C=O) groups excluding carboxylic acids is 1. The first kappa shape index (κ1) is 18.4. The van der Waals surface area contributed by atoms with Gasteiger partial charge in [-0.1, -0.05) is 19.9 Å². The summed E-state index contributed by atoms with van der Waals surface area (Å²) in [5, 5.41) is 6.28. The van der Waals surface area contributed by atoms with Crippen molar-refractivity contribution in [1.29, 1.82) is 0 Å². The molecule has 0 radical (unpaired) electrons. The van der Waals surface area contributed by atoms with Crippen LogP contribution in [0.4, 0.5) is 4.79 Å². The molecule has 22 heavy (non-hydrogen) atoms. The number of rotatable bonds is 7. The van der Waals surface area contributed by atoms with Gasteiger partial charge in [0.05, 0.1) is 0 Å². The smallest absolute Gasteiger partial charge is 0.407 e. The molecule has 2 N–H and O–H groups in total. The summed E-state index contributed by atoms with van der Waals surface area (Å²) in [6.45, 7) is 12.1. The first-order valence-electron chi connectivity index (χ1n) is 7.84. The van der Waals surface area contributed by atoms with Crippen LogP contribution in [0.5, 0.6) is 0 Å². The highest BCUT2D eigenvalue weighted by Crippen LogP contribution is 2.10. The third-order valence-corrected chi connectivity index (χ3v) is 3.31. The maximum absolute atomic E-state index is 11.7. The van der Waals surface area contributed by atoms with E-state index in [2.05, 4.69) is 29.5 Å². The van der Waals surface area contributed by atoms with Gasteiger partial charge in [-0.15, -0.1) is 0 Å². The predicted molar refractivity (Wildman–Crippen MR) is 88.5 cm³/mol. The van der Waals surface area contributed by atoms with Gasteiger partial charge in [0, 0.05) is 32.0 Å². The first-order chi connectivity index (χ1) is 10.3. The van der Waals surface area contributed by atoms with Crippen molar-refractivity contribution < 1.29 is 9.53 Å². The summed E-state index contributed by atoms with van der Waals surface area (Å²) in [4.78, 5) is 15.8. The maximum atomic E-state index is 11.7. The number of aromatic nitrogens is 1. The fourth-order valence-electron chi connectivity index (χ4n) is 1.98. The Morgan fingerprint density at radius 1 is 1.32 bits per heavy atom. The Balaban J connectivity index is 2.34. The van der Waals surface area contributed by atoms with Crippen molar-refractivity contribution >= 4 is 6.09 Å². The molecule has 0 aromatic carbocycles. The average Bonchev–Trinajstić information content (AvgIpc) is 2.41. The zero-order valence-corrected chi connectivity index (χ0v) is 14.3. The van der Waals surface area contributed by atoms with Crippen molar-refractivity contribution in [2.24, 2.45) is 11.8 Å². The Morgan fingerprint density at radius 2 is 2.05 bits per heavy atom. The lowest BCUT2D eigenvalue weighted by molar-refractivity contribution is 0.0515. The van der Waals surface area contributed by atoms with Gasteiger partial charge in [-0.25, -0.2) is 4.79 Å². The van der Waals surface area contributed by atoms with Crippen molar-refractivity contribution in [3.8, 4) is 0 Å². The Hall–Kier alpha value is -1.62. The van der Waals surface area contributed by atoms with Gasteiger partial charge in [-0.2, -0.15) is 0 Å². The van der Waals surface area contributed by atoms with Crippen LogP contribution in [0.3, 0.4) is 0 Å². The Kier molecular flexibility index (Phi) is 7.32. The average molecular weight is 307 g/mol. The number of nitrogens with zero attached hydrogens (tertiary/aromatic N) is 1. The lowest BCUT2D eigenvalue weighted by Crippen LogP contribution is -2.39. The predicted octanol–water partition coefficient (Wildman–Crippen LogP) is 2.97. The number of nitrogens with one attached hydrogen (secondary N) is 2. The molecule has 1 aromatic heterocycles. The fraction of sp³-hybridized carbons (Fsp3) is 0.647. The van der Waals surface area contributed by atoms with Crippen LogP contribution < -0.4 is 10.6 Å². The van der Waals surface area contributed by atoms with Crippen LogP contribution in [0.1, 0.15) is 40.2 Å². The summed E-state index contributed by atoms with van der Waals surface area (Å²) in [6.07, 6.45) is 3.27. The number of carbonyl (C=O) groups is 1. The van der Waals surface area contributed by atoms with Gasteiger partial charge in [-0.3, -0.25) is 4.98 Å². The van der Waals surface area contributed by atoms with E-state index >= 15 is 0 Å². The van der Waals surface area contributed by atoms with Crippen molar-refractivity contribution in [3.05, 3.63) is 30.1 Å². The molecule has 0 spiro atoms. The molecular weight excluding hydrogens is 278 g/mol. The number of hydrogen-bond donors (Lipinski definition) is 2. The minimum atomic E-state index is -0.462. The molecule has 0 aliphatic heterocycles. The van der Waals surface area contributed by atoms with Crippen LogP contribution in [0.25, 0.3) is 0 Å². The van der Waals surface area contributed by atoms with Crippen molar-refractivity contribution in [2.45, 2.75) is 46.8 Å². The van der Waals surface area contributed by atoms with Crippen LogP contribution in [0, 0.1) is 11.8 Å². The van der Waals surface area contributed by atoms with E-state index in [1.165, 1.54) is 0 Å². The van der Waals surface area contributed by atoms with Gasteiger partial charge in [0.1, 0.15) is 5.60 Å². The zero-order chi connectivity index (χ0) is 16.6. The Bertz CT molecular complexity index is 441. The summed E-state index contributed by atoms with van der Waals surface area (Å²) in [5.41, 5.74) is 0.695. The molecule has 1 aromatic rings. The molecule has 0 fully saturated rings. The first-order valence-corrected chi connectivity index (χ1v) is 7.84. The molecule has 0 saturated heterocycles. The summed E-state index contributed by atoms with van der Waals surface area (Å²) in [7, 11) is 0. The number of amides is 1. The Labute approximate surface area is 133 Å². The molecule has 1 amide bonds. The van der Waals surface area contributed by atoms with Gasteiger partial charge >= 0.3 is 6.09 Å². The highest BCUT2D eigenvalue weighted by atomic mass is 16.6. The lowest BCUT2D eigenvalue weighted by Gasteiger charge is -2.24. The quantitative estimate of drug-likeness (QED) is 0.813. The summed E-state index contributed by atoms with van der Waals surface area (Å²) < 4.78 is 5.26. The molecule has 5 heteroatoms. The van der Waals surface area contributed by atoms with E-state index in [1.807, 2.05) is 39.1 Å². The molecule has 0 saturated carbocycles. The second kappa shape index (κ2) is 8.73. The van der Waals surface area contributed by atoms with Crippen LogP contribution in [0.2, 0.25) is 0 Å². The maximum Gasteiger partial charge on any atom is 0.407 e. The molecule has 0 aliphatic carbocycles. The summed E-state index contributed by atoms with van der Waals surface area (Å²) in [6, 6.07) is 3.98. The van der Waals surface area contributed by atoms with Gasteiger partial charge in [-0.05, 0) is 44.2 Å². The minimum absolute atomic E-state index is 0.351. The lowest BCUT2D eigenvalue weighted by atomic mass is 9.95. The summed E-state index contributed by atoms with van der Waals surface area (Å²) >= 11 is 0. The number of pyridine rings is 1. The monoisotopic (exact) mass is 307 g/mol. The van der Waals surface area contributed by atoms with Gasteiger partial charge in [0.25, 0.3) is 0 Å². The molecule has 1 atom stereocenters. The molecule has 0 bridgehead atoms. The van der Waals surface area contributed by atoms with Crippen LogP contribution in [0.15, 0.2) is 24.5 Å². The van der Waals surface area contributed by atoms with E-state index in [9.17, 15) is 4.79 Å². The molecule has 124 valence electrons. The third-order valence-electron chi connectivity index (χ3n) is 3.31. The van der Waals surface area contributed by atoms with E-state index in [0.717, 1.165) is 18.7 Å². The number of ether oxygens (including phenoxy) is 1. The standard InChI is InChI=1S/C17H29N3O2/c1-13(2)15(12-20-16(21)22-17(3,4)5)11-19-10-14-7-6-8-18-9-14/h6-9,13,15,19H,10-12H2,1-5H3,(H,20,21). The highest BCUT2D eigenvalue weighted by molar-refractivity contribution is 5.67. The van der Waals surface area contributed by atoms with Crippen LogP contribution >= 0.6 is 0 Å². The second-order valence-corrected chi connectivity index (χ2v) is 6.88. The topological polar surface area (TPSA) is 63.2 Å². The fourth-order valence-corrected chi connectivity index (χ4v) is 1.98. The van der Waals surface area contributed by atoms with E-state index in [1.54, 1.807) is 6.20 Å². The minimum Gasteiger partial charge on any atom is -0.444 e. The normalized spacial score (nSPS) is 13.0. The molecule has 5 nitrogen and oxygen atoms in total. The molecule has 1 heterocycles. The van der Waals surface area contributed by atoms with E-state index in [-0.39, 0.29) is 6.09 Å². The van der Waals surface area contributed by atoms with E-state index in [4.69, 9.17) is 4.74 Å². The Morgan fingerprint density at radius 3 is 2.59 bits per heavy atom. The molecular formula is C17H29N3O2.